The molecule has 0 atom stereocenters. The van der Waals surface area contributed by atoms with Crippen molar-refractivity contribution in [3.05, 3.63) is 30.0 Å². The molecule has 0 saturated heterocycles. The van der Waals surface area contributed by atoms with E-state index in [1.165, 1.54) is 0 Å². The first-order chi connectivity index (χ1) is 9.43. The average Bonchev–Trinajstić information content (AvgIpc) is 2.84. The lowest BCUT2D eigenvalue weighted by atomic mass is 10.2. The number of H-pyrrole nitrogens is 1. The van der Waals surface area contributed by atoms with Gasteiger partial charge in [0.05, 0.1) is 17.0 Å². The lowest BCUT2D eigenvalue weighted by Crippen LogP contribution is -2.29. The second kappa shape index (κ2) is 5.54. The summed E-state index contributed by atoms with van der Waals surface area (Å²) in [5.74, 6) is -0.324. The number of rotatable bonds is 5. The van der Waals surface area contributed by atoms with Crippen molar-refractivity contribution >= 4 is 32.3 Å². The Morgan fingerprint density at radius 2 is 2.15 bits per heavy atom. The lowest BCUT2D eigenvalue weighted by Gasteiger charge is -2.03. The van der Waals surface area contributed by atoms with Crippen LogP contribution in [0.25, 0.3) is 10.9 Å². The van der Waals surface area contributed by atoms with E-state index in [0.29, 0.717) is 16.9 Å². The summed E-state index contributed by atoms with van der Waals surface area (Å²) in [6.07, 6.45) is 0. The summed E-state index contributed by atoms with van der Waals surface area (Å²) in [6, 6.07) is 7.09. The van der Waals surface area contributed by atoms with Crippen LogP contribution in [0.5, 0.6) is 0 Å². The SMILES string of the molecule is CCS(=O)(=O)CCNC(=O)c1cc2cccc(N)c2[nH]1. The third kappa shape index (κ3) is 3.11. The number of carbonyl (C=O) groups is 1. The molecule has 0 aliphatic heterocycles. The molecule has 0 aliphatic carbocycles. The first kappa shape index (κ1) is 14.4. The molecule has 0 unspecified atom stereocenters. The molecular weight excluding hydrogens is 278 g/mol. The first-order valence-electron chi connectivity index (χ1n) is 6.29. The normalized spacial score (nSPS) is 11.7. The van der Waals surface area contributed by atoms with Crippen LogP contribution in [-0.2, 0) is 9.84 Å². The fourth-order valence-electron chi connectivity index (χ4n) is 1.86. The molecule has 2 aromatic rings. The highest BCUT2D eigenvalue weighted by atomic mass is 32.2. The van der Waals surface area contributed by atoms with E-state index >= 15 is 0 Å². The lowest BCUT2D eigenvalue weighted by molar-refractivity contribution is 0.0952. The average molecular weight is 295 g/mol. The zero-order valence-corrected chi connectivity index (χ0v) is 12.0. The molecule has 7 heteroatoms. The summed E-state index contributed by atoms with van der Waals surface area (Å²) in [6.45, 7) is 1.68. The van der Waals surface area contributed by atoms with Crippen molar-refractivity contribution in [2.24, 2.45) is 0 Å². The predicted molar refractivity (Wildman–Crippen MR) is 79.4 cm³/mol. The van der Waals surface area contributed by atoms with Crippen LogP contribution in [0.4, 0.5) is 5.69 Å². The maximum Gasteiger partial charge on any atom is 0.267 e. The molecule has 6 nitrogen and oxygen atoms in total. The third-order valence-corrected chi connectivity index (χ3v) is 4.78. The number of hydrogen-bond acceptors (Lipinski definition) is 4. The third-order valence-electron chi connectivity index (χ3n) is 3.07. The van der Waals surface area contributed by atoms with Gasteiger partial charge in [-0.2, -0.15) is 0 Å². The minimum Gasteiger partial charge on any atom is -0.397 e. The van der Waals surface area contributed by atoms with Crippen molar-refractivity contribution in [1.29, 1.82) is 0 Å². The molecule has 4 N–H and O–H groups in total. The molecule has 0 fully saturated rings. The summed E-state index contributed by atoms with van der Waals surface area (Å²) in [4.78, 5) is 14.9. The van der Waals surface area contributed by atoms with E-state index in [9.17, 15) is 13.2 Å². The van der Waals surface area contributed by atoms with Crippen LogP contribution >= 0.6 is 0 Å². The van der Waals surface area contributed by atoms with Crippen molar-refractivity contribution in [3.63, 3.8) is 0 Å². The summed E-state index contributed by atoms with van der Waals surface area (Å²) in [5.41, 5.74) is 7.44. The maximum absolute atomic E-state index is 11.9. The van der Waals surface area contributed by atoms with Crippen LogP contribution in [-0.4, -0.2) is 37.4 Å². The van der Waals surface area contributed by atoms with Gasteiger partial charge in [-0.3, -0.25) is 4.79 Å². The molecular formula is C13H17N3O3S. The summed E-state index contributed by atoms with van der Waals surface area (Å²) >= 11 is 0. The van der Waals surface area contributed by atoms with Gasteiger partial charge in [0, 0.05) is 17.7 Å². The summed E-state index contributed by atoms with van der Waals surface area (Å²) < 4.78 is 22.7. The van der Waals surface area contributed by atoms with Gasteiger partial charge in [0.1, 0.15) is 5.69 Å². The summed E-state index contributed by atoms with van der Waals surface area (Å²) in [5, 5.41) is 3.42. The number of aromatic amines is 1. The largest absolute Gasteiger partial charge is 0.397 e. The smallest absolute Gasteiger partial charge is 0.267 e. The Hall–Kier alpha value is -2.02. The van der Waals surface area contributed by atoms with Gasteiger partial charge < -0.3 is 16.0 Å². The Labute approximate surface area is 117 Å². The Morgan fingerprint density at radius 1 is 1.40 bits per heavy atom. The van der Waals surface area contributed by atoms with Crippen LogP contribution in [0.2, 0.25) is 0 Å². The van der Waals surface area contributed by atoms with Crippen molar-refractivity contribution in [2.75, 3.05) is 23.8 Å². The van der Waals surface area contributed by atoms with Gasteiger partial charge in [0.25, 0.3) is 5.91 Å². The van der Waals surface area contributed by atoms with Crippen molar-refractivity contribution in [3.8, 4) is 0 Å². The van der Waals surface area contributed by atoms with Crippen LogP contribution in [0.15, 0.2) is 24.3 Å². The quantitative estimate of drug-likeness (QED) is 0.713. The molecule has 0 spiro atoms. The number of nitrogen functional groups attached to an aromatic ring is 1. The first-order valence-corrected chi connectivity index (χ1v) is 8.11. The Kier molecular flexibility index (Phi) is 3.99. The standard InChI is InChI=1S/C13H17N3O3S/c1-2-20(18,19)7-6-15-13(17)11-8-9-4-3-5-10(14)12(9)16-11/h3-5,8,16H,2,6-7,14H2,1H3,(H,15,17). The monoisotopic (exact) mass is 295 g/mol. The number of carbonyl (C=O) groups excluding carboxylic acids is 1. The number of amides is 1. The number of benzene rings is 1. The predicted octanol–water partition coefficient (Wildman–Crippen LogP) is 0.915. The number of sulfone groups is 1. The van der Waals surface area contributed by atoms with E-state index < -0.39 is 9.84 Å². The Balaban J connectivity index is 2.07. The fourth-order valence-corrected chi connectivity index (χ4v) is 2.56. The molecule has 108 valence electrons. The van der Waals surface area contributed by atoms with Crippen LogP contribution in [0.3, 0.4) is 0 Å². The van der Waals surface area contributed by atoms with Crippen LogP contribution in [0, 0.1) is 0 Å². The molecule has 1 amide bonds. The Bertz CT molecular complexity index is 734. The highest BCUT2D eigenvalue weighted by Crippen LogP contribution is 2.20. The highest BCUT2D eigenvalue weighted by molar-refractivity contribution is 7.91. The number of nitrogens with two attached hydrogens (primary N) is 1. The van der Waals surface area contributed by atoms with Gasteiger partial charge in [-0.25, -0.2) is 8.42 Å². The van der Waals surface area contributed by atoms with Gasteiger partial charge in [-0.05, 0) is 12.1 Å². The fraction of sp³-hybridized carbons (Fsp3) is 0.308. The molecule has 1 heterocycles. The van der Waals surface area contributed by atoms with Gasteiger partial charge >= 0.3 is 0 Å². The second-order valence-electron chi connectivity index (χ2n) is 4.49. The van der Waals surface area contributed by atoms with E-state index in [0.717, 1.165) is 5.39 Å². The molecule has 0 bridgehead atoms. The number of anilines is 1. The summed E-state index contributed by atoms with van der Waals surface area (Å²) in [7, 11) is -3.07. The number of aromatic nitrogens is 1. The molecule has 0 radical (unpaired) electrons. The van der Waals surface area contributed by atoms with Gasteiger partial charge in [-0.1, -0.05) is 19.1 Å². The topological polar surface area (TPSA) is 105 Å². The molecule has 0 saturated carbocycles. The number of para-hydroxylation sites is 1. The van der Waals surface area contributed by atoms with Crippen molar-refractivity contribution < 1.29 is 13.2 Å². The highest BCUT2D eigenvalue weighted by Gasteiger charge is 2.12. The number of hydrogen-bond donors (Lipinski definition) is 3. The zero-order chi connectivity index (χ0) is 14.8. The van der Waals surface area contributed by atoms with E-state index in [1.54, 1.807) is 25.1 Å². The molecule has 1 aromatic carbocycles. The van der Waals surface area contributed by atoms with Crippen LogP contribution in [0.1, 0.15) is 17.4 Å². The second-order valence-corrected chi connectivity index (χ2v) is 6.96. The van der Waals surface area contributed by atoms with Gasteiger partial charge in [0.2, 0.25) is 0 Å². The zero-order valence-electron chi connectivity index (χ0n) is 11.1. The van der Waals surface area contributed by atoms with E-state index in [-0.39, 0.29) is 24.0 Å². The van der Waals surface area contributed by atoms with E-state index in [2.05, 4.69) is 10.3 Å². The van der Waals surface area contributed by atoms with Crippen molar-refractivity contribution in [2.45, 2.75) is 6.92 Å². The van der Waals surface area contributed by atoms with E-state index in [1.807, 2.05) is 6.07 Å². The number of fused-ring (bicyclic) bond motifs is 1. The van der Waals surface area contributed by atoms with E-state index in [4.69, 9.17) is 5.73 Å². The molecule has 20 heavy (non-hydrogen) atoms. The molecule has 0 aliphatic rings. The molecule has 2 rings (SSSR count). The number of nitrogens with one attached hydrogen (secondary N) is 2. The minimum absolute atomic E-state index is 0.0579. The van der Waals surface area contributed by atoms with Crippen LogP contribution < -0.4 is 11.1 Å². The minimum atomic E-state index is -3.07. The van der Waals surface area contributed by atoms with Gasteiger partial charge in [-0.15, -0.1) is 0 Å². The Morgan fingerprint density at radius 3 is 2.80 bits per heavy atom. The maximum atomic E-state index is 11.9. The molecule has 1 aromatic heterocycles. The van der Waals surface area contributed by atoms with Crippen molar-refractivity contribution in [1.82, 2.24) is 10.3 Å². The van der Waals surface area contributed by atoms with Gasteiger partial charge in [0.15, 0.2) is 9.84 Å².